The van der Waals surface area contributed by atoms with Gasteiger partial charge in [0, 0.05) is 18.3 Å². The number of Topliss-reactive ketones (excluding diaryl/α,β-unsaturated/α-hetero) is 1. The van der Waals surface area contributed by atoms with Gasteiger partial charge in [0.25, 0.3) is 0 Å². The molecule has 0 unspecified atom stereocenters. The monoisotopic (exact) mass is 244 g/mol. The van der Waals surface area contributed by atoms with Crippen LogP contribution in [0.15, 0.2) is 30.3 Å². The fourth-order valence-electron chi connectivity index (χ4n) is 1.89. The van der Waals surface area contributed by atoms with Crippen LogP contribution in [0.2, 0.25) is 0 Å². The van der Waals surface area contributed by atoms with Gasteiger partial charge in [-0.1, -0.05) is 12.1 Å². The number of hydrogen-bond donors (Lipinski definition) is 0. The molecule has 0 radical (unpaired) electrons. The number of rotatable bonds is 4. The minimum Gasteiger partial charge on any atom is -0.497 e. The van der Waals surface area contributed by atoms with Crippen molar-refractivity contribution in [1.82, 2.24) is 9.78 Å². The van der Waals surface area contributed by atoms with Gasteiger partial charge in [-0.3, -0.25) is 9.48 Å². The predicted molar refractivity (Wildman–Crippen MR) is 69.0 cm³/mol. The largest absolute Gasteiger partial charge is 0.497 e. The summed E-state index contributed by atoms with van der Waals surface area (Å²) in [5.74, 6) is 0.763. The van der Waals surface area contributed by atoms with E-state index in [1.165, 1.54) is 0 Å². The minimum absolute atomic E-state index is 0.0666. The Kier molecular flexibility index (Phi) is 3.46. The SMILES string of the molecule is COc1cccc(C(=O)Cc2cc(C)nn2C)c1. The molecular formula is C14H16N2O2. The van der Waals surface area contributed by atoms with Crippen LogP contribution in [0, 0.1) is 6.92 Å². The van der Waals surface area contributed by atoms with Crippen molar-refractivity contribution >= 4 is 5.78 Å². The molecule has 0 atom stereocenters. The van der Waals surface area contributed by atoms with Crippen molar-refractivity contribution in [3.8, 4) is 5.75 Å². The molecule has 2 aromatic rings. The van der Waals surface area contributed by atoms with Crippen LogP contribution in [0.5, 0.6) is 5.75 Å². The van der Waals surface area contributed by atoms with Crippen LogP contribution < -0.4 is 4.74 Å². The molecule has 0 N–H and O–H groups in total. The molecule has 0 amide bonds. The number of carbonyl (C=O) groups is 1. The van der Waals surface area contributed by atoms with Gasteiger partial charge < -0.3 is 4.74 Å². The third-order valence-electron chi connectivity index (χ3n) is 2.83. The zero-order valence-corrected chi connectivity index (χ0v) is 10.8. The molecule has 0 bridgehead atoms. The highest BCUT2D eigenvalue weighted by atomic mass is 16.5. The van der Waals surface area contributed by atoms with E-state index in [0.717, 1.165) is 11.4 Å². The number of aromatic nitrogens is 2. The van der Waals surface area contributed by atoms with Gasteiger partial charge in [-0.2, -0.15) is 5.10 Å². The van der Waals surface area contributed by atoms with Crippen LogP contribution in [-0.4, -0.2) is 22.7 Å². The molecule has 94 valence electrons. The maximum Gasteiger partial charge on any atom is 0.168 e. The standard InChI is InChI=1S/C14H16N2O2/c1-10-7-12(16(2)15-10)9-14(17)11-5-4-6-13(8-11)18-3/h4-8H,9H2,1-3H3. The van der Waals surface area contributed by atoms with Crippen LogP contribution in [0.3, 0.4) is 0 Å². The quantitative estimate of drug-likeness (QED) is 0.774. The summed E-state index contributed by atoms with van der Waals surface area (Å²) >= 11 is 0. The lowest BCUT2D eigenvalue weighted by molar-refractivity contribution is 0.0990. The highest BCUT2D eigenvalue weighted by Gasteiger charge is 2.11. The summed E-state index contributed by atoms with van der Waals surface area (Å²) in [6, 6.07) is 9.13. The van der Waals surface area contributed by atoms with Crippen molar-refractivity contribution in [2.45, 2.75) is 13.3 Å². The topological polar surface area (TPSA) is 44.1 Å². The summed E-state index contributed by atoms with van der Waals surface area (Å²) in [4.78, 5) is 12.1. The fraction of sp³-hybridized carbons (Fsp3) is 0.286. The molecule has 0 aliphatic rings. The summed E-state index contributed by atoms with van der Waals surface area (Å²) in [6.07, 6.45) is 0.352. The maximum absolute atomic E-state index is 12.1. The van der Waals surface area contributed by atoms with Crippen molar-refractivity contribution in [2.75, 3.05) is 7.11 Å². The summed E-state index contributed by atoms with van der Waals surface area (Å²) in [5, 5.41) is 4.23. The molecular weight excluding hydrogens is 228 g/mol. The second-order valence-electron chi connectivity index (χ2n) is 4.23. The number of ketones is 1. The first-order valence-corrected chi connectivity index (χ1v) is 5.77. The Morgan fingerprint density at radius 1 is 1.39 bits per heavy atom. The normalized spacial score (nSPS) is 10.4. The third kappa shape index (κ3) is 2.59. The highest BCUT2D eigenvalue weighted by Crippen LogP contribution is 2.15. The van der Waals surface area contributed by atoms with Crippen molar-refractivity contribution in [2.24, 2.45) is 7.05 Å². The number of hydrogen-bond acceptors (Lipinski definition) is 3. The lowest BCUT2D eigenvalue weighted by Crippen LogP contribution is -2.08. The van der Waals surface area contributed by atoms with E-state index in [1.807, 2.05) is 32.2 Å². The summed E-state index contributed by atoms with van der Waals surface area (Å²) < 4.78 is 6.86. The van der Waals surface area contributed by atoms with E-state index >= 15 is 0 Å². The molecule has 0 fully saturated rings. The molecule has 0 spiro atoms. The minimum atomic E-state index is 0.0666. The van der Waals surface area contributed by atoms with E-state index in [2.05, 4.69) is 5.10 Å². The van der Waals surface area contributed by atoms with Gasteiger partial charge in [0.1, 0.15) is 5.75 Å². The molecule has 1 aromatic heterocycles. The van der Waals surface area contributed by atoms with Crippen molar-refractivity contribution in [3.05, 3.63) is 47.3 Å². The maximum atomic E-state index is 12.1. The average Bonchev–Trinajstić information content (AvgIpc) is 2.68. The molecule has 2 rings (SSSR count). The van der Waals surface area contributed by atoms with Crippen LogP contribution >= 0.6 is 0 Å². The molecule has 0 saturated heterocycles. The smallest absolute Gasteiger partial charge is 0.168 e. The van der Waals surface area contributed by atoms with E-state index in [0.29, 0.717) is 17.7 Å². The Balaban J connectivity index is 2.19. The van der Waals surface area contributed by atoms with Crippen LogP contribution in [-0.2, 0) is 13.5 Å². The first-order valence-electron chi connectivity index (χ1n) is 5.77. The van der Waals surface area contributed by atoms with Crippen LogP contribution in [0.25, 0.3) is 0 Å². The third-order valence-corrected chi connectivity index (χ3v) is 2.83. The van der Waals surface area contributed by atoms with Crippen LogP contribution in [0.1, 0.15) is 21.7 Å². The van der Waals surface area contributed by atoms with Crippen molar-refractivity contribution in [1.29, 1.82) is 0 Å². The van der Waals surface area contributed by atoms with Gasteiger partial charge in [-0.25, -0.2) is 0 Å². The Morgan fingerprint density at radius 2 is 2.17 bits per heavy atom. The Labute approximate surface area is 106 Å². The Bertz CT molecular complexity index is 573. The summed E-state index contributed by atoms with van der Waals surface area (Å²) in [5.41, 5.74) is 2.50. The predicted octanol–water partition coefficient (Wildman–Crippen LogP) is 2.16. The molecule has 4 nitrogen and oxygen atoms in total. The molecule has 0 aliphatic carbocycles. The van der Waals surface area contributed by atoms with Gasteiger partial charge in [0.2, 0.25) is 0 Å². The number of aryl methyl sites for hydroxylation is 2. The van der Waals surface area contributed by atoms with Gasteiger partial charge in [0.05, 0.1) is 19.2 Å². The Hall–Kier alpha value is -2.10. The lowest BCUT2D eigenvalue weighted by atomic mass is 10.1. The fourth-order valence-corrected chi connectivity index (χ4v) is 1.89. The van der Waals surface area contributed by atoms with Crippen molar-refractivity contribution in [3.63, 3.8) is 0 Å². The number of carbonyl (C=O) groups excluding carboxylic acids is 1. The molecule has 0 aliphatic heterocycles. The second kappa shape index (κ2) is 5.04. The van der Waals surface area contributed by atoms with Gasteiger partial charge in [-0.15, -0.1) is 0 Å². The van der Waals surface area contributed by atoms with Gasteiger partial charge in [-0.05, 0) is 25.1 Å². The Morgan fingerprint density at radius 3 is 2.78 bits per heavy atom. The molecule has 1 aromatic carbocycles. The molecule has 1 heterocycles. The van der Waals surface area contributed by atoms with Gasteiger partial charge in [0.15, 0.2) is 5.78 Å². The highest BCUT2D eigenvalue weighted by molar-refractivity contribution is 5.97. The van der Waals surface area contributed by atoms with Crippen molar-refractivity contribution < 1.29 is 9.53 Å². The molecule has 18 heavy (non-hydrogen) atoms. The van der Waals surface area contributed by atoms with Gasteiger partial charge >= 0.3 is 0 Å². The number of ether oxygens (including phenoxy) is 1. The first kappa shape index (κ1) is 12.4. The zero-order valence-electron chi connectivity index (χ0n) is 10.8. The van der Waals surface area contributed by atoms with E-state index < -0.39 is 0 Å². The number of nitrogens with zero attached hydrogens (tertiary/aromatic N) is 2. The first-order chi connectivity index (χ1) is 8.60. The number of methoxy groups -OCH3 is 1. The van der Waals surface area contributed by atoms with E-state index in [-0.39, 0.29) is 5.78 Å². The van der Waals surface area contributed by atoms with E-state index in [4.69, 9.17) is 4.74 Å². The van der Waals surface area contributed by atoms with Crippen LogP contribution in [0.4, 0.5) is 0 Å². The number of benzene rings is 1. The summed E-state index contributed by atoms with van der Waals surface area (Å²) in [7, 11) is 3.44. The average molecular weight is 244 g/mol. The molecule has 0 saturated carbocycles. The van der Waals surface area contributed by atoms with E-state index in [1.54, 1.807) is 23.9 Å². The lowest BCUT2D eigenvalue weighted by Gasteiger charge is -2.04. The molecule has 4 heteroatoms. The summed E-state index contributed by atoms with van der Waals surface area (Å²) in [6.45, 7) is 1.92. The second-order valence-corrected chi connectivity index (χ2v) is 4.23. The zero-order chi connectivity index (χ0) is 13.1. The van der Waals surface area contributed by atoms with E-state index in [9.17, 15) is 4.79 Å².